The SMILES string of the molecule is Br.C=CCN=C1SC2Cc3cc(Cl)ccc3C2(O)C1CC=C. The standard InChI is InChI=1S/C17H18ClNOS.BrH/c1-3-5-14-16(19-8-4-2)21-15-10-11-9-12(18)6-7-13(11)17(14,15)20;/h3-4,6-7,9,14-15,20H,1-2,5,8,10H2;1H. The van der Waals surface area contributed by atoms with Crippen LogP contribution < -0.4 is 0 Å². The van der Waals surface area contributed by atoms with E-state index >= 15 is 0 Å². The van der Waals surface area contributed by atoms with Crippen LogP contribution in [0.5, 0.6) is 0 Å². The maximum Gasteiger partial charge on any atom is 0.112 e. The quantitative estimate of drug-likeness (QED) is 0.752. The number of thioether (sulfide) groups is 1. The number of fused-ring (bicyclic) bond motifs is 3. The van der Waals surface area contributed by atoms with Crippen LogP contribution in [0.4, 0.5) is 0 Å². The minimum Gasteiger partial charge on any atom is -0.383 e. The van der Waals surface area contributed by atoms with Crippen molar-refractivity contribution in [3.63, 3.8) is 0 Å². The molecule has 0 bridgehead atoms. The lowest BCUT2D eigenvalue weighted by Crippen LogP contribution is -2.37. The lowest BCUT2D eigenvalue weighted by molar-refractivity contribution is 0.0161. The fourth-order valence-corrected chi connectivity index (χ4v) is 5.17. The van der Waals surface area contributed by atoms with Crippen molar-refractivity contribution in [2.75, 3.05) is 6.54 Å². The maximum absolute atomic E-state index is 11.4. The van der Waals surface area contributed by atoms with E-state index in [1.54, 1.807) is 17.8 Å². The Morgan fingerprint density at radius 1 is 1.41 bits per heavy atom. The van der Waals surface area contributed by atoms with Crippen molar-refractivity contribution in [3.8, 4) is 0 Å². The summed E-state index contributed by atoms with van der Waals surface area (Å²) in [5, 5.41) is 13.3. The first-order valence-corrected chi connectivity index (χ1v) is 8.31. The molecule has 0 amide bonds. The summed E-state index contributed by atoms with van der Waals surface area (Å²) in [5.74, 6) is -0.0209. The summed E-state index contributed by atoms with van der Waals surface area (Å²) in [6.07, 6.45) is 5.20. The van der Waals surface area contributed by atoms with Crippen LogP contribution in [0.2, 0.25) is 5.02 Å². The molecule has 2 aliphatic rings. The predicted octanol–water partition coefficient (Wildman–Crippen LogP) is 4.55. The second-order valence-electron chi connectivity index (χ2n) is 5.48. The number of halogens is 2. The average molecular weight is 401 g/mol. The van der Waals surface area contributed by atoms with Crippen molar-refractivity contribution >= 4 is 45.4 Å². The summed E-state index contributed by atoms with van der Waals surface area (Å²) in [5.41, 5.74) is 1.29. The molecular weight excluding hydrogens is 382 g/mol. The summed E-state index contributed by atoms with van der Waals surface area (Å²) in [7, 11) is 0. The van der Waals surface area contributed by atoms with E-state index in [9.17, 15) is 5.11 Å². The highest BCUT2D eigenvalue weighted by atomic mass is 79.9. The van der Waals surface area contributed by atoms with E-state index in [1.807, 2.05) is 24.3 Å². The number of benzene rings is 1. The normalized spacial score (nSPS) is 30.5. The molecule has 2 nitrogen and oxygen atoms in total. The highest BCUT2D eigenvalue weighted by Gasteiger charge is 2.57. The second-order valence-corrected chi connectivity index (χ2v) is 7.14. The van der Waals surface area contributed by atoms with Crippen LogP contribution in [0, 0.1) is 5.92 Å². The van der Waals surface area contributed by atoms with Crippen molar-refractivity contribution in [2.45, 2.75) is 23.7 Å². The number of rotatable bonds is 4. The number of hydrogen-bond acceptors (Lipinski definition) is 3. The number of aliphatic imine (C=N–C) groups is 1. The smallest absolute Gasteiger partial charge is 0.112 e. The van der Waals surface area contributed by atoms with Gasteiger partial charge in [0.1, 0.15) is 5.60 Å². The van der Waals surface area contributed by atoms with Crippen LogP contribution in [-0.2, 0) is 12.0 Å². The Balaban J connectivity index is 0.00000176. The number of nitrogens with zero attached hydrogens (tertiary/aromatic N) is 1. The van der Waals surface area contributed by atoms with Gasteiger partial charge in [-0.3, -0.25) is 4.99 Å². The highest BCUT2D eigenvalue weighted by Crippen LogP contribution is 2.56. The third-order valence-corrected chi connectivity index (χ3v) is 5.97. The second kappa shape index (κ2) is 6.91. The van der Waals surface area contributed by atoms with E-state index in [1.165, 1.54) is 0 Å². The molecule has 1 saturated heterocycles. The van der Waals surface area contributed by atoms with Crippen LogP contribution in [0.25, 0.3) is 0 Å². The molecule has 0 spiro atoms. The van der Waals surface area contributed by atoms with Gasteiger partial charge in [0, 0.05) is 16.2 Å². The van der Waals surface area contributed by atoms with Gasteiger partial charge < -0.3 is 5.11 Å². The Bertz CT molecular complexity index is 633. The fraction of sp³-hybridized carbons (Fsp3) is 0.353. The molecule has 5 heteroatoms. The number of aliphatic hydroxyl groups is 1. The van der Waals surface area contributed by atoms with Crippen LogP contribution in [-0.4, -0.2) is 21.9 Å². The minimum atomic E-state index is -0.862. The summed E-state index contributed by atoms with van der Waals surface area (Å²) in [6, 6.07) is 5.79. The molecule has 0 saturated carbocycles. The maximum atomic E-state index is 11.4. The van der Waals surface area contributed by atoms with E-state index in [4.69, 9.17) is 11.6 Å². The molecule has 3 atom stereocenters. The van der Waals surface area contributed by atoms with Crippen molar-refractivity contribution in [2.24, 2.45) is 10.9 Å². The zero-order valence-electron chi connectivity index (χ0n) is 12.2. The molecule has 0 radical (unpaired) electrons. The van der Waals surface area contributed by atoms with Crippen LogP contribution in [0.15, 0.2) is 48.5 Å². The van der Waals surface area contributed by atoms with Gasteiger partial charge in [0.2, 0.25) is 0 Å². The Kier molecular flexibility index (Phi) is 5.59. The van der Waals surface area contributed by atoms with Crippen molar-refractivity contribution in [1.82, 2.24) is 0 Å². The third kappa shape index (κ3) is 2.71. The van der Waals surface area contributed by atoms with Crippen LogP contribution >= 0.6 is 40.3 Å². The van der Waals surface area contributed by atoms with E-state index in [2.05, 4.69) is 18.2 Å². The van der Waals surface area contributed by atoms with Gasteiger partial charge >= 0.3 is 0 Å². The molecule has 22 heavy (non-hydrogen) atoms. The van der Waals surface area contributed by atoms with Gasteiger partial charge in [-0.25, -0.2) is 0 Å². The molecule has 3 unspecified atom stereocenters. The van der Waals surface area contributed by atoms with Crippen molar-refractivity contribution in [3.05, 3.63) is 59.7 Å². The summed E-state index contributed by atoms with van der Waals surface area (Å²) in [4.78, 5) is 4.59. The Hall–Kier alpha value is -0.550. The molecule has 118 valence electrons. The van der Waals surface area contributed by atoms with Crippen molar-refractivity contribution in [1.29, 1.82) is 0 Å². The molecule has 1 fully saturated rings. The topological polar surface area (TPSA) is 32.6 Å². The summed E-state index contributed by atoms with van der Waals surface area (Å²) < 4.78 is 0. The molecule has 1 N–H and O–H groups in total. The molecule has 3 rings (SSSR count). The lowest BCUT2D eigenvalue weighted by Gasteiger charge is -2.29. The van der Waals surface area contributed by atoms with E-state index < -0.39 is 5.60 Å². The van der Waals surface area contributed by atoms with E-state index in [-0.39, 0.29) is 28.1 Å². The molecule has 1 heterocycles. The van der Waals surface area contributed by atoms with Gasteiger partial charge in [0.05, 0.1) is 11.6 Å². The lowest BCUT2D eigenvalue weighted by atomic mass is 9.81. The Morgan fingerprint density at radius 3 is 2.86 bits per heavy atom. The summed E-state index contributed by atoms with van der Waals surface area (Å²) in [6.45, 7) is 8.14. The Labute approximate surface area is 151 Å². The number of hydrogen-bond donors (Lipinski definition) is 1. The van der Waals surface area contributed by atoms with Gasteiger partial charge in [0.15, 0.2) is 0 Å². The largest absolute Gasteiger partial charge is 0.383 e. The summed E-state index contributed by atoms with van der Waals surface area (Å²) >= 11 is 7.77. The predicted molar refractivity (Wildman–Crippen MR) is 102 cm³/mol. The first kappa shape index (κ1) is 17.8. The van der Waals surface area contributed by atoms with E-state index in [0.717, 1.165) is 34.0 Å². The molecule has 1 aliphatic heterocycles. The fourth-order valence-electron chi connectivity index (χ4n) is 3.36. The van der Waals surface area contributed by atoms with E-state index in [0.29, 0.717) is 6.54 Å². The third-order valence-electron chi connectivity index (χ3n) is 4.27. The van der Waals surface area contributed by atoms with Gasteiger partial charge in [-0.05, 0) is 36.1 Å². The molecule has 1 aliphatic carbocycles. The Morgan fingerprint density at radius 2 is 2.18 bits per heavy atom. The molecule has 1 aromatic carbocycles. The average Bonchev–Trinajstić information content (AvgIpc) is 2.87. The first-order valence-electron chi connectivity index (χ1n) is 7.05. The molecular formula is C17H19BrClNOS. The zero-order chi connectivity index (χ0) is 15.0. The van der Waals surface area contributed by atoms with Gasteiger partial charge in [-0.2, -0.15) is 0 Å². The van der Waals surface area contributed by atoms with Crippen molar-refractivity contribution < 1.29 is 5.11 Å². The van der Waals surface area contributed by atoms with Gasteiger partial charge in [-0.15, -0.1) is 41.9 Å². The monoisotopic (exact) mass is 399 g/mol. The first-order chi connectivity index (χ1) is 10.1. The van der Waals surface area contributed by atoms with Crippen LogP contribution in [0.3, 0.4) is 0 Å². The minimum absolute atomic E-state index is 0. The molecule has 0 aromatic heterocycles. The van der Waals surface area contributed by atoms with Gasteiger partial charge in [-0.1, -0.05) is 29.8 Å². The number of allylic oxidation sites excluding steroid dienone is 1. The molecule has 1 aromatic rings. The van der Waals surface area contributed by atoms with Gasteiger partial charge in [0.25, 0.3) is 0 Å². The zero-order valence-corrected chi connectivity index (χ0v) is 15.5. The van der Waals surface area contributed by atoms with Crippen LogP contribution in [0.1, 0.15) is 17.5 Å². The highest BCUT2D eigenvalue weighted by molar-refractivity contribution is 8.93.